The van der Waals surface area contributed by atoms with Gasteiger partial charge in [-0.3, -0.25) is 0 Å². The topological polar surface area (TPSA) is 36.7 Å². The molecule has 1 aromatic heterocycles. The van der Waals surface area contributed by atoms with Crippen LogP contribution in [-0.4, -0.2) is 4.98 Å². The maximum atomic E-state index is 8.88. The average Bonchev–Trinajstić information content (AvgIpc) is 2.18. The SMILES string of the molecule is CC1Cc2cc(C#N)c(Cl)nc2C(C)C1. The molecule has 15 heavy (non-hydrogen) atoms. The van der Waals surface area contributed by atoms with E-state index in [4.69, 9.17) is 16.9 Å². The van der Waals surface area contributed by atoms with Gasteiger partial charge < -0.3 is 0 Å². The van der Waals surface area contributed by atoms with Gasteiger partial charge >= 0.3 is 0 Å². The Kier molecular flexibility index (Phi) is 2.67. The van der Waals surface area contributed by atoms with Crippen molar-refractivity contribution in [2.24, 2.45) is 5.92 Å². The summed E-state index contributed by atoms with van der Waals surface area (Å²) in [6.45, 7) is 4.41. The quantitative estimate of drug-likeness (QED) is 0.629. The van der Waals surface area contributed by atoms with Crippen LogP contribution in [0.5, 0.6) is 0 Å². The summed E-state index contributed by atoms with van der Waals surface area (Å²) < 4.78 is 0. The molecule has 0 aliphatic heterocycles. The van der Waals surface area contributed by atoms with Crippen LogP contribution in [0.4, 0.5) is 0 Å². The lowest BCUT2D eigenvalue weighted by atomic mass is 9.81. The summed E-state index contributed by atoms with van der Waals surface area (Å²) in [6.07, 6.45) is 2.17. The fourth-order valence-electron chi connectivity index (χ4n) is 2.39. The largest absolute Gasteiger partial charge is 0.239 e. The van der Waals surface area contributed by atoms with E-state index in [1.54, 1.807) is 0 Å². The number of rotatable bonds is 0. The standard InChI is InChI=1S/C12H13ClN2/c1-7-3-8(2)11-9(4-7)5-10(6-14)12(13)15-11/h5,7-8H,3-4H2,1-2H3. The number of hydrogen-bond donors (Lipinski definition) is 0. The van der Waals surface area contributed by atoms with Crippen molar-refractivity contribution in [2.45, 2.75) is 32.6 Å². The molecule has 0 saturated carbocycles. The highest BCUT2D eigenvalue weighted by Crippen LogP contribution is 2.34. The van der Waals surface area contributed by atoms with Gasteiger partial charge in [0.15, 0.2) is 0 Å². The molecule has 2 unspecified atom stereocenters. The van der Waals surface area contributed by atoms with Gasteiger partial charge in [-0.05, 0) is 36.3 Å². The lowest BCUT2D eigenvalue weighted by Gasteiger charge is -2.26. The van der Waals surface area contributed by atoms with Crippen LogP contribution in [0.1, 0.15) is 43.0 Å². The second-order valence-corrected chi connectivity index (χ2v) is 4.79. The van der Waals surface area contributed by atoms with E-state index >= 15 is 0 Å². The van der Waals surface area contributed by atoms with Gasteiger partial charge in [0.05, 0.1) is 5.56 Å². The first-order chi connectivity index (χ1) is 7.11. The zero-order chi connectivity index (χ0) is 11.0. The van der Waals surface area contributed by atoms with Gasteiger partial charge in [-0.1, -0.05) is 25.4 Å². The average molecular weight is 221 g/mol. The van der Waals surface area contributed by atoms with Crippen LogP contribution in [0, 0.1) is 17.2 Å². The summed E-state index contributed by atoms with van der Waals surface area (Å²) in [5.41, 5.74) is 2.77. The molecule has 1 heterocycles. The highest BCUT2D eigenvalue weighted by Gasteiger charge is 2.24. The molecular weight excluding hydrogens is 208 g/mol. The van der Waals surface area contributed by atoms with Crippen molar-refractivity contribution in [3.05, 3.63) is 28.0 Å². The molecule has 1 aromatic rings. The zero-order valence-electron chi connectivity index (χ0n) is 8.92. The van der Waals surface area contributed by atoms with Crippen LogP contribution >= 0.6 is 11.6 Å². The maximum absolute atomic E-state index is 8.88. The monoisotopic (exact) mass is 220 g/mol. The van der Waals surface area contributed by atoms with Crippen LogP contribution < -0.4 is 0 Å². The lowest BCUT2D eigenvalue weighted by Crippen LogP contribution is -2.16. The highest BCUT2D eigenvalue weighted by molar-refractivity contribution is 6.30. The third-order valence-corrected chi connectivity index (χ3v) is 3.29. The van der Waals surface area contributed by atoms with Gasteiger partial charge in [-0.2, -0.15) is 5.26 Å². The van der Waals surface area contributed by atoms with Gasteiger partial charge in [0.25, 0.3) is 0 Å². The number of hydrogen-bond acceptors (Lipinski definition) is 2. The van der Waals surface area contributed by atoms with E-state index in [0.717, 1.165) is 18.5 Å². The zero-order valence-corrected chi connectivity index (χ0v) is 9.67. The Balaban J connectivity index is 2.53. The van der Waals surface area contributed by atoms with E-state index in [2.05, 4.69) is 24.9 Å². The van der Waals surface area contributed by atoms with Crippen LogP contribution in [0.3, 0.4) is 0 Å². The van der Waals surface area contributed by atoms with Gasteiger partial charge in [-0.25, -0.2) is 4.98 Å². The second kappa shape index (κ2) is 3.83. The third kappa shape index (κ3) is 1.85. The van der Waals surface area contributed by atoms with E-state index < -0.39 is 0 Å². The van der Waals surface area contributed by atoms with E-state index in [1.165, 1.54) is 5.56 Å². The molecule has 2 rings (SSSR count). The Bertz CT molecular complexity index is 434. The number of fused-ring (bicyclic) bond motifs is 1. The van der Waals surface area contributed by atoms with Crippen molar-refractivity contribution in [2.75, 3.05) is 0 Å². The second-order valence-electron chi connectivity index (χ2n) is 4.43. The number of nitrogens with zero attached hydrogens (tertiary/aromatic N) is 2. The molecule has 0 bridgehead atoms. The van der Waals surface area contributed by atoms with Crippen molar-refractivity contribution >= 4 is 11.6 Å². The van der Waals surface area contributed by atoms with Crippen molar-refractivity contribution in [3.8, 4) is 6.07 Å². The number of pyridine rings is 1. The smallest absolute Gasteiger partial charge is 0.147 e. The summed E-state index contributed by atoms with van der Waals surface area (Å²) in [5, 5.41) is 9.22. The van der Waals surface area contributed by atoms with E-state index in [1.807, 2.05) is 6.07 Å². The van der Waals surface area contributed by atoms with Gasteiger partial charge in [-0.15, -0.1) is 0 Å². The third-order valence-electron chi connectivity index (χ3n) is 3.00. The molecule has 0 radical (unpaired) electrons. The fraction of sp³-hybridized carbons (Fsp3) is 0.500. The fourth-order valence-corrected chi connectivity index (χ4v) is 2.58. The van der Waals surface area contributed by atoms with Crippen molar-refractivity contribution < 1.29 is 0 Å². The molecule has 0 amide bonds. The molecule has 0 fully saturated rings. The first-order valence-corrected chi connectivity index (χ1v) is 5.59. The summed E-state index contributed by atoms with van der Waals surface area (Å²) >= 11 is 5.93. The predicted octanol–water partition coefficient (Wildman–Crippen LogP) is 3.29. The summed E-state index contributed by atoms with van der Waals surface area (Å²) in [5.74, 6) is 1.12. The van der Waals surface area contributed by atoms with Crippen molar-refractivity contribution in [1.29, 1.82) is 5.26 Å². The van der Waals surface area contributed by atoms with E-state index in [9.17, 15) is 0 Å². The van der Waals surface area contributed by atoms with Crippen LogP contribution in [0.15, 0.2) is 6.07 Å². The Hall–Kier alpha value is -1.07. The first kappa shape index (κ1) is 10.4. The highest BCUT2D eigenvalue weighted by atomic mass is 35.5. The molecule has 2 nitrogen and oxygen atoms in total. The molecular formula is C12H13ClN2. The van der Waals surface area contributed by atoms with Crippen molar-refractivity contribution in [1.82, 2.24) is 4.98 Å². The normalized spacial score (nSPS) is 24.4. The van der Waals surface area contributed by atoms with E-state index in [-0.39, 0.29) is 0 Å². The molecule has 78 valence electrons. The Morgan fingerprint density at radius 3 is 2.93 bits per heavy atom. The molecule has 0 saturated heterocycles. The van der Waals surface area contributed by atoms with Crippen LogP contribution in [0.25, 0.3) is 0 Å². The molecule has 0 aromatic carbocycles. The summed E-state index contributed by atoms with van der Waals surface area (Å²) in [4.78, 5) is 4.34. The van der Waals surface area contributed by atoms with Gasteiger partial charge in [0.2, 0.25) is 0 Å². The minimum Gasteiger partial charge on any atom is -0.239 e. The Morgan fingerprint density at radius 1 is 1.53 bits per heavy atom. The molecule has 1 aliphatic rings. The molecule has 1 aliphatic carbocycles. The predicted molar refractivity (Wildman–Crippen MR) is 59.9 cm³/mol. The summed E-state index contributed by atoms with van der Waals surface area (Å²) in [6, 6.07) is 3.98. The first-order valence-electron chi connectivity index (χ1n) is 5.21. The molecule has 3 heteroatoms. The number of halogens is 1. The van der Waals surface area contributed by atoms with E-state index in [0.29, 0.717) is 22.6 Å². The van der Waals surface area contributed by atoms with Crippen LogP contribution in [-0.2, 0) is 6.42 Å². The molecule has 0 N–H and O–H groups in total. The lowest BCUT2D eigenvalue weighted by molar-refractivity contribution is 0.441. The Morgan fingerprint density at radius 2 is 2.27 bits per heavy atom. The minimum absolute atomic E-state index is 0.345. The van der Waals surface area contributed by atoms with Gasteiger partial charge in [0, 0.05) is 5.69 Å². The maximum Gasteiger partial charge on any atom is 0.147 e. The summed E-state index contributed by atoms with van der Waals surface area (Å²) in [7, 11) is 0. The molecule has 0 spiro atoms. The van der Waals surface area contributed by atoms with Crippen LogP contribution in [0.2, 0.25) is 5.15 Å². The van der Waals surface area contributed by atoms with Gasteiger partial charge in [0.1, 0.15) is 11.2 Å². The minimum atomic E-state index is 0.345. The molecule has 2 atom stereocenters. The Labute approximate surface area is 94.9 Å². The van der Waals surface area contributed by atoms with Crippen molar-refractivity contribution in [3.63, 3.8) is 0 Å². The number of aromatic nitrogens is 1. The number of nitriles is 1.